The fraction of sp³-hybridized carbons (Fsp3) is 0.0303. The van der Waals surface area contributed by atoms with Crippen molar-refractivity contribution in [1.29, 1.82) is 0 Å². The van der Waals surface area contributed by atoms with Crippen LogP contribution in [-0.2, 0) is 0 Å². The van der Waals surface area contributed by atoms with Crippen LogP contribution in [0.25, 0.3) is 76.9 Å². The van der Waals surface area contributed by atoms with E-state index in [2.05, 4.69) is 227 Å². The van der Waals surface area contributed by atoms with E-state index >= 15 is 0 Å². The molecule has 2 heterocycles. The van der Waals surface area contributed by atoms with Gasteiger partial charge in [-0.15, -0.1) is 0 Å². The van der Waals surface area contributed by atoms with Crippen molar-refractivity contribution in [2.24, 2.45) is 0 Å². The first-order valence-corrected chi connectivity index (χ1v) is 24.3. The number of anilines is 6. The monoisotopic (exact) mass is 932 g/mol. The zero-order valence-corrected chi connectivity index (χ0v) is 39.6. The lowest BCUT2D eigenvalue weighted by atomic mass is 9.96. The van der Waals surface area contributed by atoms with Crippen LogP contribution in [0.3, 0.4) is 0 Å². The van der Waals surface area contributed by atoms with Crippen LogP contribution in [0.2, 0.25) is 0 Å². The summed E-state index contributed by atoms with van der Waals surface area (Å²) in [7, 11) is 0. The van der Waals surface area contributed by atoms with Crippen LogP contribution in [0.4, 0.5) is 42.9 Å². The van der Waals surface area contributed by atoms with E-state index < -0.39 is 0 Å². The van der Waals surface area contributed by atoms with E-state index in [1.807, 2.05) is 24.3 Å². The Kier molecular flexibility index (Phi) is 10.3. The number of nitrogens with zero attached hydrogens (tertiary/aromatic N) is 4. The molecule has 6 heteroatoms. The third-order valence-electron chi connectivity index (χ3n) is 14.2. The molecule has 0 amide bonds. The lowest BCUT2D eigenvalue weighted by Crippen LogP contribution is -2.11. The number of aromatic nitrogens is 2. The minimum atomic E-state index is -0.257. The highest BCUT2D eigenvalue weighted by atomic mass is 19.1. The molecule has 4 nitrogen and oxygen atoms in total. The summed E-state index contributed by atoms with van der Waals surface area (Å²) >= 11 is 0. The van der Waals surface area contributed by atoms with Crippen molar-refractivity contribution in [3.05, 3.63) is 265 Å². The second-order valence-electron chi connectivity index (χ2n) is 18.6. The van der Waals surface area contributed by atoms with Crippen molar-refractivity contribution >= 4 is 88.5 Å². The molecule has 344 valence electrons. The number of benzene rings is 11. The summed E-state index contributed by atoms with van der Waals surface area (Å²) in [6, 6.07) is 83.2. The average Bonchev–Trinajstić information content (AvgIpc) is 3.93. The molecule has 0 spiro atoms. The fourth-order valence-corrected chi connectivity index (χ4v) is 10.7. The number of aryl methyl sites for hydroxylation is 2. The van der Waals surface area contributed by atoms with Gasteiger partial charge < -0.3 is 18.9 Å². The van der Waals surface area contributed by atoms with E-state index in [-0.39, 0.29) is 11.6 Å². The van der Waals surface area contributed by atoms with Gasteiger partial charge in [-0.05, 0) is 170 Å². The van der Waals surface area contributed by atoms with Crippen LogP contribution in [0.5, 0.6) is 0 Å². The Hall–Kier alpha value is -9.26. The maximum Gasteiger partial charge on any atom is 0.123 e. The molecular weight excluding hydrogens is 887 g/mol. The highest BCUT2D eigenvalue weighted by molar-refractivity contribution is 6.13. The number of hydrogen-bond donors (Lipinski definition) is 0. The number of para-hydroxylation sites is 2. The van der Waals surface area contributed by atoms with Crippen molar-refractivity contribution in [3.63, 3.8) is 0 Å². The van der Waals surface area contributed by atoms with Crippen molar-refractivity contribution in [2.45, 2.75) is 13.8 Å². The number of hydrogen-bond acceptors (Lipinski definition) is 2. The van der Waals surface area contributed by atoms with Gasteiger partial charge in [-0.25, -0.2) is 8.78 Å². The summed E-state index contributed by atoms with van der Waals surface area (Å²) in [5.74, 6) is -0.514. The second kappa shape index (κ2) is 17.3. The van der Waals surface area contributed by atoms with Gasteiger partial charge in [0.15, 0.2) is 0 Å². The van der Waals surface area contributed by atoms with Crippen LogP contribution >= 0.6 is 0 Å². The molecule has 13 rings (SSSR count). The molecule has 0 fully saturated rings. The van der Waals surface area contributed by atoms with Gasteiger partial charge in [0.05, 0.1) is 27.8 Å². The largest absolute Gasteiger partial charge is 0.310 e. The van der Waals surface area contributed by atoms with Crippen LogP contribution < -0.4 is 9.80 Å². The molecule has 0 saturated carbocycles. The van der Waals surface area contributed by atoms with Crippen molar-refractivity contribution in [1.82, 2.24) is 9.13 Å². The van der Waals surface area contributed by atoms with Crippen molar-refractivity contribution in [2.75, 3.05) is 9.80 Å². The van der Waals surface area contributed by atoms with E-state index in [1.165, 1.54) is 35.4 Å². The highest BCUT2D eigenvalue weighted by Gasteiger charge is 2.22. The molecule has 0 saturated heterocycles. The first-order chi connectivity index (χ1) is 35.3. The van der Waals surface area contributed by atoms with E-state index in [9.17, 15) is 8.78 Å². The van der Waals surface area contributed by atoms with Gasteiger partial charge >= 0.3 is 0 Å². The van der Waals surface area contributed by atoms with Gasteiger partial charge in [0, 0.05) is 66.7 Å². The maximum atomic E-state index is 14.1. The summed E-state index contributed by atoms with van der Waals surface area (Å²) in [5.41, 5.74) is 17.0. The summed E-state index contributed by atoms with van der Waals surface area (Å²) in [6.45, 7) is 4.24. The summed E-state index contributed by atoms with van der Waals surface area (Å²) in [5, 5.41) is 6.76. The van der Waals surface area contributed by atoms with Gasteiger partial charge in [-0.3, -0.25) is 0 Å². The molecule has 0 bridgehead atoms. The molecule has 0 aliphatic carbocycles. The quantitative estimate of drug-likeness (QED) is 0.143. The van der Waals surface area contributed by atoms with Crippen LogP contribution in [0.15, 0.2) is 243 Å². The molecule has 11 aromatic carbocycles. The first-order valence-electron chi connectivity index (χ1n) is 24.3. The van der Waals surface area contributed by atoms with Gasteiger partial charge in [0.2, 0.25) is 0 Å². The third kappa shape index (κ3) is 7.26. The van der Waals surface area contributed by atoms with Crippen molar-refractivity contribution in [3.8, 4) is 22.5 Å². The predicted octanol–water partition coefficient (Wildman–Crippen LogP) is 18.5. The molecule has 0 aliphatic rings. The Morgan fingerprint density at radius 2 is 0.694 bits per heavy atom. The highest BCUT2D eigenvalue weighted by Crippen LogP contribution is 2.46. The SMILES string of the molecule is Cc1ccc(N(c2ccc(-c3ccc(N(c4ccc(C)cc4)c4ccc5c(c4)c4ccccc4n5-c4ccc(F)cc4)c4ccccc34)cc2)c2ccc3c(c2)c2ccccc2n3-c2ccc(F)cc2)cc1. The maximum absolute atomic E-state index is 14.1. The fourth-order valence-electron chi connectivity index (χ4n) is 10.7. The Morgan fingerprint density at radius 3 is 1.19 bits per heavy atom. The molecule has 0 atom stereocenters. The van der Waals surface area contributed by atoms with E-state index in [1.54, 1.807) is 0 Å². The van der Waals surface area contributed by atoms with Gasteiger partial charge in [-0.2, -0.15) is 0 Å². The van der Waals surface area contributed by atoms with Gasteiger partial charge in [-0.1, -0.05) is 114 Å². The molecule has 0 N–H and O–H groups in total. The van der Waals surface area contributed by atoms with Crippen LogP contribution in [0, 0.1) is 25.5 Å². The number of fused-ring (bicyclic) bond motifs is 7. The van der Waals surface area contributed by atoms with E-state index in [0.29, 0.717) is 0 Å². The third-order valence-corrected chi connectivity index (χ3v) is 14.2. The Balaban J connectivity index is 0.919. The summed E-state index contributed by atoms with van der Waals surface area (Å²) in [6.07, 6.45) is 0. The zero-order valence-electron chi connectivity index (χ0n) is 39.6. The lowest BCUT2D eigenvalue weighted by Gasteiger charge is -2.28. The lowest BCUT2D eigenvalue weighted by molar-refractivity contribution is 0.627. The zero-order chi connectivity index (χ0) is 48.5. The smallest absolute Gasteiger partial charge is 0.123 e. The number of halogens is 2. The van der Waals surface area contributed by atoms with E-state index in [4.69, 9.17) is 0 Å². The molecule has 2 aromatic heterocycles. The predicted molar refractivity (Wildman–Crippen MR) is 297 cm³/mol. The molecule has 0 unspecified atom stereocenters. The van der Waals surface area contributed by atoms with Gasteiger partial charge in [0.25, 0.3) is 0 Å². The second-order valence-corrected chi connectivity index (χ2v) is 18.6. The molecule has 0 aliphatic heterocycles. The van der Waals surface area contributed by atoms with E-state index in [0.717, 1.165) is 111 Å². The summed E-state index contributed by atoms with van der Waals surface area (Å²) in [4.78, 5) is 4.69. The Bertz CT molecular complexity index is 4170. The van der Waals surface area contributed by atoms with Crippen LogP contribution in [-0.4, -0.2) is 9.13 Å². The number of rotatable bonds is 9. The molecular formula is C66H46F2N4. The minimum absolute atomic E-state index is 0.257. The minimum Gasteiger partial charge on any atom is -0.310 e. The topological polar surface area (TPSA) is 16.3 Å². The van der Waals surface area contributed by atoms with Gasteiger partial charge in [0.1, 0.15) is 11.6 Å². The molecule has 13 aromatic rings. The van der Waals surface area contributed by atoms with Crippen LogP contribution in [0.1, 0.15) is 11.1 Å². The Labute approximate surface area is 416 Å². The molecule has 0 radical (unpaired) electrons. The standard InChI is InChI=1S/C66H46F2N4/c1-43-15-25-48(26-16-43)69(53-35-38-65-60(41-53)58-11-5-7-13-62(58)71(65)51-31-21-46(67)22-32-51)49-29-19-45(20-30-49)55-37-40-64(57-10-4-3-9-56(55)57)70(50-27-17-44(2)18-28-50)54-36-39-66-61(42-54)59-12-6-8-14-63(59)72(66)52-33-23-47(68)24-34-52/h3-42H,1-2H3. The molecule has 72 heavy (non-hydrogen) atoms. The van der Waals surface area contributed by atoms with Crippen molar-refractivity contribution < 1.29 is 8.78 Å². The summed E-state index contributed by atoms with van der Waals surface area (Å²) < 4.78 is 32.7. The normalized spacial score (nSPS) is 11.6. The Morgan fingerprint density at radius 1 is 0.306 bits per heavy atom. The average molecular weight is 933 g/mol. The first kappa shape index (κ1) is 42.8.